The Balaban J connectivity index is 1.47. The van der Waals surface area contributed by atoms with Crippen LogP contribution >= 0.6 is 0 Å². The average molecular weight is 407 g/mol. The van der Waals surface area contributed by atoms with E-state index in [0.29, 0.717) is 22.7 Å². The van der Waals surface area contributed by atoms with Crippen LogP contribution in [0.3, 0.4) is 0 Å². The summed E-state index contributed by atoms with van der Waals surface area (Å²) >= 11 is 0. The van der Waals surface area contributed by atoms with Gasteiger partial charge in [-0.1, -0.05) is 13.0 Å². The lowest BCUT2D eigenvalue weighted by atomic mass is 10.2. The summed E-state index contributed by atoms with van der Waals surface area (Å²) in [5.41, 5.74) is 2.94. The number of hydrogen-bond donors (Lipinski definition) is 2. The summed E-state index contributed by atoms with van der Waals surface area (Å²) in [5, 5.41) is 6.01. The second-order valence-electron chi connectivity index (χ2n) is 6.65. The summed E-state index contributed by atoms with van der Waals surface area (Å²) in [6, 6.07) is 15.8. The van der Waals surface area contributed by atoms with E-state index in [4.69, 9.17) is 0 Å². The predicted octanol–water partition coefficient (Wildman–Crippen LogP) is 5.23. The Morgan fingerprint density at radius 1 is 1.07 bits per heavy atom. The lowest BCUT2D eigenvalue weighted by Crippen LogP contribution is -2.12. The van der Waals surface area contributed by atoms with E-state index in [1.54, 1.807) is 59.1 Å². The molecule has 2 N–H and O–H groups in total. The minimum Gasteiger partial charge on any atom is -0.341 e. The zero-order valence-electron chi connectivity index (χ0n) is 16.1. The first-order valence-corrected chi connectivity index (χ1v) is 9.43. The molecule has 0 saturated heterocycles. The molecule has 3 heterocycles. The van der Waals surface area contributed by atoms with Gasteiger partial charge in [0, 0.05) is 29.5 Å². The molecule has 0 aliphatic rings. The molecule has 0 bridgehead atoms. The summed E-state index contributed by atoms with van der Waals surface area (Å²) in [7, 11) is 0. The van der Waals surface area contributed by atoms with E-state index in [9.17, 15) is 13.6 Å². The predicted molar refractivity (Wildman–Crippen MR) is 111 cm³/mol. The van der Waals surface area contributed by atoms with Gasteiger partial charge in [-0.05, 0) is 55.0 Å². The van der Waals surface area contributed by atoms with E-state index < -0.39 is 6.43 Å². The van der Waals surface area contributed by atoms with Gasteiger partial charge in [0.25, 0.3) is 12.3 Å². The Bertz CT molecular complexity index is 1170. The zero-order chi connectivity index (χ0) is 21.1. The Kier molecular flexibility index (Phi) is 5.38. The largest absolute Gasteiger partial charge is 0.341 e. The number of alkyl halides is 2. The molecule has 0 aliphatic carbocycles. The van der Waals surface area contributed by atoms with Crippen molar-refractivity contribution in [2.24, 2.45) is 0 Å². The summed E-state index contributed by atoms with van der Waals surface area (Å²) in [6.07, 6.45) is 1.05. The molecule has 0 unspecified atom stereocenters. The zero-order valence-corrected chi connectivity index (χ0v) is 16.1. The fraction of sp³-hybridized carbons (Fsp3) is 0.136. The highest BCUT2D eigenvalue weighted by Crippen LogP contribution is 2.24. The van der Waals surface area contributed by atoms with Crippen molar-refractivity contribution in [3.05, 3.63) is 83.9 Å². The molecular formula is C22H19F2N5O. The summed E-state index contributed by atoms with van der Waals surface area (Å²) < 4.78 is 27.5. The number of carbonyl (C=O) groups is 1. The van der Waals surface area contributed by atoms with E-state index in [1.165, 1.54) is 6.20 Å². The number of anilines is 3. The molecule has 8 heteroatoms. The number of rotatable bonds is 6. The van der Waals surface area contributed by atoms with Gasteiger partial charge in [-0.3, -0.25) is 14.2 Å². The van der Waals surface area contributed by atoms with Crippen LogP contribution in [0.4, 0.5) is 26.0 Å². The molecule has 152 valence electrons. The van der Waals surface area contributed by atoms with Crippen molar-refractivity contribution >= 4 is 28.7 Å². The smallest absolute Gasteiger partial charge is 0.281 e. The van der Waals surface area contributed by atoms with Crippen LogP contribution in [0.5, 0.6) is 0 Å². The van der Waals surface area contributed by atoms with Crippen LogP contribution in [0.1, 0.15) is 35.1 Å². The lowest BCUT2D eigenvalue weighted by Gasteiger charge is -2.10. The molecule has 0 atom stereocenters. The van der Waals surface area contributed by atoms with Crippen molar-refractivity contribution in [2.45, 2.75) is 19.8 Å². The van der Waals surface area contributed by atoms with Crippen LogP contribution < -0.4 is 10.6 Å². The third-order valence-corrected chi connectivity index (χ3v) is 4.60. The van der Waals surface area contributed by atoms with E-state index >= 15 is 0 Å². The monoisotopic (exact) mass is 407 g/mol. The SMILES string of the molecule is CCc1ccc(C(=O)Nc2ccc(Nc3cccc4nc(C(F)F)cn34)cc2)cn1. The number of nitrogens with zero attached hydrogens (tertiary/aromatic N) is 3. The van der Waals surface area contributed by atoms with Crippen LogP contribution in [-0.2, 0) is 6.42 Å². The number of amides is 1. The molecule has 0 aliphatic heterocycles. The molecule has 3 aromatic heterocycles. The van der Waals surface area contributed by atoms with Crippen molar-refractivity contribution in [1.29, 1.82) is 0 Å². The van der Waals surface area contributed by atoms with Crippen molar-refractivity contribution in [1.82, 2.24) is 14.4 Å². The van der Waals surface area contributed by atoms with Gasteiger partial charge in [0.2, 0.25) is 0 Å². The number of aryl methyl sites for hydroxylation is 1. The Labute approximate surface area is 171 Å². The van der Waals surface area contributed by atoms with Crippen LogP contribution in [0, 0.1) is 0 Å². The number of pyridine rings is 2. The average Bonchev–Trinajstić information content (AvgIpc) is 3.21. The maximum atomic E-state index is 12.9. The number of imidazole rings is 1. The van der Waals surface area contributed by atoms with E-state index in [-0.39, 0.29) is 11.6 Å². The fourth-order valence-electron chi connectivity index (χ4n) is 2.99. The molecule has 0 saturated carbocycles. The van der Waals surface area contributed by atoms with Crippen molar-refractivity contribution in [2.75, 3.05) is 10.6 Å². The molecule has 1 amide bonds. The lowest BCUT2D eigenvalue weighted by molar-refractivity contribution is 0.102. The summed E-state index contributed by atoms with van der Waals surface area (Å²) in [4.78, 5) is 20.5. The minimum absolute atomic E-state index is 0.242. The first kappa shape index (κ1) is 19.5. The summed E-state index contributed by atoms with van der Waals surface area (Å²) in [6.45, 7) is 2.00. The van der Waals surface area contributed by atoms with E-state index in [2.05, 4.69) is 20.6 Å². The molecule has 30 heavy (non-hydrogen) atoms. The second-order valence-corrected chi connectivity index (χ2v) is 6.65. The van der Waals surface area contributed by atoms with Crippen LogP contribution in [-0.4, -0.2) is 20.3 Å². The third kappa shape index (κ3) is 4.12. The van der Waals surface area contributed by atoms with Crippen LogP contribution in [0.2, 0.25) is 0 Å². The molecule has 0 radical (unpaired) electrons. The standard InChI is InChI=1S/C22H19F2N5O/c1-2-15-7-6-14(12-25-15)22(30)27-17-10-8-16(9-11-17)26-19-4-3-5-20-28-18(21(23)24)13-29(19)20/h3-13,21,26H,2H2,1H3,(H,27,30). The third-order valence-electron chi connectivity index (χ3n) is 4.60. The van der Waals surface area contributed by atoms with E-state index in [0.717, 1.165) is 17.8 Å². The van der Waals surface area contributed by atoms with Gasteiger partial charge in [0.05, 0.1) is 5.56 Å². The highest BCUT2D eigenvalue weighted by molar-refractivity contribution is 6.04. The topological polar surface area (TPSA) is 71.3 Å². The first-order chi connectivity index (χ1) is 14.5. The fourth-order valence-corrected chi connectivity index (χ4v) is 2.99. The van der Waals surface area contributed by atoms with Gasteiger partial charge >= 0.3 is 0 Å². The van der Waals surface area contributed by atoms with E-state index in [1.807, 2.05) is 13.0 Å². The van der Waals surface area contributed by atoms with Gasteiger partial charge in [0.1, 0.15) is 17.2 Å². The Morgan fingerprint density at radius 3 is 2.50 bits per heavy atom. The molecule has 1 aromatic carbocycles. The van der Waals surface area contributed by atoms with Gasteiger partial charge in [0.15, 0.2) is 0 Å². The Hall–Kier alpha value is -3.81. The normalized spacial score (nSPS) is 11.1. The van der Waals surface area contributed by atoms with Crippen LogP contribution in [0.25, 0.3) is 5.65 Å². The van der Waals surface area contributed by atoms with Gasteiger partial charge in [-0.25, -0.2) is 13.8 Å². The molecule has 4 aromatic rings. The number of aromatic nitrogens is 3. The number of halogens is 2. The van der Waals surface area contributed by atoms with Gasteiger partial charge < -0.3 is 10.6 Å². The van der Waals surface area contributed by atoms with Crippen molar-refractivity contribution < 1.29 is 13.6 Å². The second kappa shape index (κ2) is 8.28. The Morgan fingerprint density at radius 2 is 1.83 bits per heavy atom. The minimum atomic E-state index is -2.63. The van der Waals surface area contributed by atoms with Gasteiger partial charge in [-0.15, -0.1) is 0 Å². The van der Waals surface area contributed by atoms with Crippen LogP contribution in [0.15, 0.2) is 67.0 Å². The first-order valence-electron chi connectivity index (χ1n) is 9.43. The number of nitrogens with one attached hydrogen (secondary N) is 2. The number of fused-ring (bicyclic) bond motifs is 1. The van der Waals surface area contributed by atoms with Gasteiger partial charge in [-0.2, -0.15) is 0 Å². The molecular weight excluding hydrogens is 388 g/mol. The van der Waals surface area contributed by atoms with Crippen molar-refractivity contribution in [3.8, 4) is 0 Å². The molecule has 0 fully saturated rings. The maximum Gasteiger partial charge on any atom is 0.281 e. The molecule has 4 rings (SSSR count). The number of carbonyl (C=O) groups excluding carboxylic acids is 1. The number of benzene rings is 1. The maximum absolute atomic E-state index is 12.9. The summed E-state index contributed by atoms with van der Waals surface area (Å²) in [5.74, 6) is 0.361. The molecule has 0 spiro atoms. The van der Waals surface area contributed by atoms with Crippen molar-refractivity contribution in [3.63, 3.8) is 0 Å². The highest BCUT2D eigenvalue weighted by atomic mass is 19.3. The number of hydrogen-bond acceptors (Lipinski definition) is 4. The quantitative estimate of drug-likeness (QED) is 0.459. The molecule has 6 nitrogen and oxygen atoms in total. The highest BCUT2D eigenvalue weighted by Gasteiger charge is 2.13.